The van der Waals surface area contributed by atoms with Crippen LogP contribution in [0.1, 0.15) is 53.5 Å². The Bertz CT molecular complexity index is 591. The number of rotatable bonds is 5. The zero-order valence-corrected chi connectivity index (χ0v) is 13.0. The van der Waals surface area contributed by atoms with Crippen LogP contribution < -0.4 is 0 Å². The van der Waals surface area contributed by atoms with E-state index in [1.54, 1.807) is 28.8 Å². The van der Waals surface area contributed by atoms with Gasteiger partial charge in [-0.05, 0) is 38.2 Å². The maximum atomic E-state index is 12.6. The molecule has 6 nitrogen and oxygen atoms in total. The molecule has 1 aliphatic heterocycles. The van der Waals surface area contributed by atoms with Gasteiger partial charge < -0.3 is 14.6 Å². The maximum Gasteiger partial charge on any atom is 0.303 e. The lowest BCUT2D eigenvalue weighted by Gasteiger charge is -2.32. The quantitative estimate of drug-likeness (QED) is 0.843. The van der Waals surface area contributed by atoms with Crippen LogP contribution in [0.3, 0.4) is 0 Å². The predicted molar refractivity (Wildman–Crippen MR) is 80.9 cm³/mol. The number of carbonyl (C=O) groups is 3. The Kier molecular flexibility index (Phi) is 5.00. The molecule has 0 bridgehead atoms. The Hall–Kier alpha value is -2.11. The Morgan fingerprint density at radius 2 is 2.09 bits per heavy atom. The molecule has 1 aromatic rings. The molecular formula is C16H22N2O4. The number of nitrogens with zero attached hydrogens (tertiary/aromatic N) is 2. The molecule has 6 heteroatoms. The molecule has 1 aliphatic rings. The number of likely N-dealkylation sites (tertiary alicyclic amines) is 1. The fourth-order valence-corrected chi connectivity index (χ4v) is 2.94. The fraction of sp³-hybridized carbons (Fsp3) is 0.562. The fourth-order valence-electron chi connectivity index (χ4n) is 2.94. The van der Waals surface area contributed by atoms with Gasteiger partial charge in [0.1, 0.15) is 5.69 Å². The summed E-state index contributed by atoms with van der Waals surface area (Å²) < 4.78 is 1.68. The summed E-state index contributed by atoms with van der Waals surface area (Å²) >= 11 is 0. The first-order chi connectivity index (χ1) is 10.4. The highest BCUT2D eigenvalue weighted by Gasteiger charge is 2.26. The van der Waals surface area contributed by atoms with Gasteiger partial charge in [0.25, 0.3) is 5.91 Å². The number of piperidine rings is 1. The Labute approximate surface area is 129 Å². The summed E-state index contributed by atoms with van der Waals surface area (Å²) in [6.45, 7) is 2.75. The maximum absolute atomic E-state index is 12.6. The molecule has 22 heavy (non-hydrogen) atoms. The first-order valence-electron chi connectivity index (χ1n) is 7.57. The standard InChI is InChI=1S/C16H22N2O4/c1-11(19)13-8-14(17(2)10-13)16(22)18-7-3-4-12(9-18)5-6-15(20)21/h8,10,12H,3-7,9H2,1-2H3,(H,20,21). The monoisotopic (exact) mass is 306 g/mol. The van der Waals surface area contributed by atoms with E-state index in [4.69, 9.17) is 5.11 Å². The number of Topliss-reactive ketones (excluding diaryl/α,β-unsaturated/α-hetero) is 1. The minimum atomic E-state index is -0.794. The number of hydrogen-bond acceptors (Lipinski definition) is 3. The summed E-state index contributed by atoms with van der Waals surface area (Å²) in [6, 6.07) is 1.63. The summed E-state index contributed by atoms with van der Waals surface area (Å²) in [5.41, 5.74) is 1.04. The Morgan fingerprint density at radius 3 is 2.68 bits per heavy atom. The number of aryl methyl sites for hydroxylation is 1. The first-order valence-corrected chi connectivity index (χ1v) is 7.57. The van der Waals surface area contributed by atoms with E-state index in [0.29, 0.717) is 30.8 Å². The van der Waals surface area contributed by atoms with Crippen molar-refractivity contribution < 1.29 is 19.5 Å². The molecule has 1 saturated heterocycles. The normalized spacial score (nSPS) is 18.3. The van der Waals surface area contributed by atoms with Crippen molar-refractivity contribution in [2.24, 2.45) is 13.0 Å². The highest BCUT2D eigenvalue weighted by molar-refractivity contribution is 5.99. The van der Waals surface area contributed by atoms with Crippen molar-refractivity contribution in [1.29, 1.82) is 0 Å². The number of aliphatic carboxylic acids is 1. The van der Waals surface area contributed by atoms with Gasteiger partial charge in [-0.2, -0.15) is 0 Å². The molecule has 1 atom stereocenters. The number of carboxylic acids is 1. The molecule has 0 aliphatic carbocycles. The van der Waals surface area contributed by atoms with E-state index in [1.165, 1.54) is 6.92 Å². The SMILES string of the molecule is CC(=O)c1cc(C(=O)N2CCCC(CCC(=O)O)C2)n(C)c1. The molecule has 0 spiro atoms. The Balaban J connectivity index is 2.05. The lowest BCUT2D eigenvalue weighted by Crippen LogP contribution is -2.40. The van der Waals surface area contributed by atoms with Crippen molar-refractivity contribution in [3.63, 3.8) is 0 Å². The molecule has 1 amide bonds. The van der Waals surface area contributed by atoms with Crippen LogP contribution >= 0.6 is 0 Å². The van der Waals surface area contributed by atoms with E-state index in [9.17, 15) is 14.4 Å². The Morgan fingerprint density at radius 1 is 1.36 bits per heavy atom. The van der Waals surface area contributed by atoms with Gasteiger partial charge in [-0.25, -0.2) is 0 Å². The number of carboxylic acid groups (broad SMARTS) is 1. The van der Waals surface area contributed by atoms with Crippen LogP contribution in [0.2, 0.25) is 0 Å². The van der Waals surface area contributed by atoms with Crippen LogP contribution in [0.25, 0.3) is 0 Å². The molecule has 1 unspecified atom stereocenters. The van der Waals surface area contributed by atoms with Crippen molar-refractivity contribution >= 4 is 17.7 Å². The van der Waals surface area contributed by atoms with Gasteiger partial charge in [-0.1, -0.05) is 0 Å². The van der Waals surface area contributed by atoms with Crippen LogP contribution in [0.5, 0.6) is 0 Å². The van der Waals surface area contributed by atoms with E-state index in [-0.39, 0.29) is 24.0 Å². The van der Waals surface area contributed by atoms with E-state index >= 15 is 0 Å². The largest absolute Gasteiger partial charge is 0.481 e. The zero-order valence-electron chi connectivity index (χ0n) is 13.0. The van der Waals surface area contributed by atoms with Crippen molar-refractivity contribution in [2.45, 2.75) is 32.6 Å². The molecule has 1 N–H and O–H groups in total. The van der Waals surface area contributed by atoms with Crippen LogP contribution in [0, 0.1) is 5.92 Å². The van der Waals surface area contributed by atoms with Crippen molar-refractivity contribution in [3.05, 3.63) is 23.5 Å². The number of ketones is 1. The number of aromatic nitrogens is 1. The van der Waals surface area contributed by atoms with Gasteiger partial charge in [-0.3, -0.25) is 14.4 Å². The van der Waals surface area contributed by atoms with Crippen molar-refractivity contribution in [3.8, 4) is 0 Å². The molecule has 0 aromatic carbocycles. The van der Waals surface area contributed by atoms with Crippen LogP contribution in [-0.4, -0.2) is 45.3 Å². The molecule has 0 saturated carbocycles. The third-order valence-corrected chi connectivity index (χ3v) is 4.20. The summed E-state index contributed by atoms with van der Waals surface area (Å²) in [6.07, 6.45) is 4.26. The van der Waals surface area contributed by atoms with Crippen LogP contribution in [-0.2, 0) is 11.8 Å². The van der Waals surface area contributed by atoms with Gasteiger partial charge in [0.05, 0.1) is 0 Å². The highest BCUT2D eigenvalue weighted by Crippen LogP contribution is 2.23. The number of amides is 1. The summed E-state index contributed by atoms with van der Waals surface area (Å²) in [5.74, 6) is -0.707. The van der Waals surface area contributed by atoms with Gasteiger partial charge in [0.2, 0.25) is 0 Å². The second kappa shape index (κ2) is 6.77. The molecular weight excluding hydrogens is 284 g/mol. The molecule has 0 radical (unpaired) electrons. The first kappa shape index (κ1) is 16.3. The van der Waals surface area contributed by atoms with Crippen molar-refractivity contribution in [1.82, 2.24) is 9.47 Å². The van der Waals surface area contributed by atoms with E-state index in [1.807, 2.05) is 0 Å². The highest BCUT2D eigenvalue weighted by atomic mass is 16.4. The van der Waals surface area contributed by atoms with Crippen LogP contribution in [0.15, 0.2) is 12.3 Å². The summed E-state index contributed by atoms with van der Waals surface area (Å²) in [5, 5.41) is 8.77. The summed E-state index contributed by atoms with van der Waals surface area (Å²) in [7, 11) is 1.76. The van der Waals surface area contributed by atoms with Gasteiger partial charge >= 0.3 is 5.97 Å². The topological polar surface area (TPSA) is 79.6 Å². The molecule has 1 aromatic heterocycles. The molecule has 1 fully saturated rings. The average molecular weight is 306 g/mol. The lowest BCUT2D eigenvalue weighted by atomic mass is 9.93. The average Bonchev–Trinajstić information content (AvgIpc) is 2.87. The van der Waals surface area contributed by atoms with Gasteiger partial charge in [0.15, 0.2) is 5.78 Å². The third kappa shape index (κ3) is 3.75. The second-order valence-electron chi connectivity index (χ2n) is 5.97. The minimum absolute atomic E-state index is 0.0624. The van der Waals surface area contributed by atoms with Crippen LogP contribution in [0.4, 0.5) is 0 Å². The zero-order chi connectivity index (χ0) is 16.3. The van der Waals surface area contributed by atoms with E-state index in [0.717, 1.165) is 12.8 Å². The van der Waals surface area contributed by atoms with E-state index < -0.39 is 5.97 Å². The molecule has 2 rings (SSSR count). The molecule has 2 heterocycles. The molecule has 120 valence electrons. The number of carbonyl (C=O) groups excluding carboxylic acids is 2. The van der Waals surface area contributed by atoms with Gasteiger partial charge in [0, 0.05) is 38.3 Å². The second-order valence-corrected chi connectivity index (χ2v) is 5.97. The predicted octanol–water partition coefficient (Wildman–Crippen LogP) is 1.94. The van der Waals surface area contributed by atoms with Gasteiger partial charge in [-0.15, -0.1) is 0 Å². The lowest BCUT2D eigenvalue weighted by molar-refractivity contribution is -0.137. The number of hydrogen-bond donors (Lipinski definition) is 1. The third-order valence-electron chi connectivity index (χ3n) is 4.20. The van der Waals surface area contributed by atoms with E-state index in [2.05, 4.69) is 0 Å². The summed E-state index contributed by atoms with van der Waals surface area (Å²) in [4.78, 5) is 36.5. The van der Waals surface area contributed by atoms with Crippen molar-refractivity contribution in [2.75, 3.05) is 13.1 Å². The minimum Gasteiger partial charge on any atom is -0.481 e. The smallest absolute Gasteiger partial charge is 0.303 e.